The molecule has 2 aromatic carbocycles. The number of hydrogen-bond donors (Lipinski definition) is 3. The average Bonchev–Trinajstić information content (AvgIpc) is 3.29. The number of aliphatic hydroxyl groups is 1. The van der Waals surface area contributed by atoms with Gasteiger partial charge in [0.1, 0.15) is 18.2 Å². The van der Waals surface area contributed by atoms with Gasteiger partial charge in [0.15, 0.2) is 0 Å². The molecule has 2 aliphatic rings. The van der Waals surface area contributed by atoms with E-state index in [0.717, 1.165) is 25.3 Å². The predicted octanol–water partition coefficient (Wildman–Crippen LogP) is 4.37. The Balaban J connectivity index is 1.47. The highest BCUT2D eigenvalue weighted by molar-refractivity contribution is 5.98. The van der Waals surface area contributed by atoms with Crippen molar-refractivity contribution < 1.29 is 37.0 Å². The Morgan fingerprint density at radius 2 is 1.89 bits per heavy atom. The van der Waals surface area contributed by atoms with Crippen molar-refractivity contribution in [2.45, 2.75) is 37.9 Å². The van der Waals surface area contributed by atoms with E-state index < -0.39 is 29.4 Å². The van der Waals surface area contributed by atoms with Crippen LogP contribution in [0.25, 0.3) is 0 Å². The third kappa shape index (κ3) is 5.72. The van der Waals surface area contributed by atoms with Gasteiger partial charge in [0.25, 0.3) is 5.91 Å². The number of fused-ring (bicyclic) bond motifs is 1. The van der Waals surface area contributed by atoms with Crippen LogP contribution in [0.15, 0.2) is 36.4 Å². The number of rotatable bonds is 6. The summed E-state index contributed by atoms with van der Waals surface area (Å²) in [5, 5.41) is 14.4. The fourth-order valence-electron chi connectivity index (χ4n) is 5.51. The quantitative estimate of drug-likeness (QED) is 0.392. The van der Waals surface area contributed by atoms with Crippen LogP contribution in [0, 0.1) is 35.4 Å². The molecule has 2 aromatic rings. The van der Waals surface area contributed by atoms with Gasteiger partial charge in [0.2, 0.25) is 5.91 Å². The molecule has 196 valence electrons. The molecule has 2 amide bonds. The maximum absolute atomic E-state index is 13.6. The summed E-state index contributed by atoms with van der Waals surface area (Å²) in [4.78, 5) is 25.9. The van der Waals surface area contributed by atoms with Crippen LogP contribution in [0.4, 0.5) is 23.2 Å². The van der Waals surface area contributed by atoms with Crippen molar-refractivity contribution in [3.05, 3.63) is 58.9 Å². The lowest BCUT2D eigenvalue weighted by molar-refractivity contribution is -0.140. The highest BCUT2D eigenvalue weighted by atomic mass is 19.4. The summed E-state index contributed by atoms with van der Waals surface area (Å²) in [5.41, 5.74) is -0.800. The zero-order valence-electron chi connectivity index (χ0n) is 20.0. The van der Waals surface area contributed by atoms with Crippen molar-refractivity contribution in [2.24, 2.45) is 17.8 Å². The van der Waals surface area contributed by atoms with Gasteiger partial charge in [0.05, 0.1) is 18.2 Å². The minimum atomic E-state index is -4.88. The third-order valence-electron chi connectivity index (χ3n) is 7.13. The fraction of sp³-hybridized carbons (Fsp3) is 0.407. The molecule has 37 heavy (non-hydrogen) atoms. The molecule has 3 N–H and O–H groups in total. The second-order valence-electron chi connectivity index (χ2n) is 9.24. The van der Waals surface area contributed by atoms with E-state index in [0.29, 0.717) is 23.4 Å². The van der Waals surface area contributed by atoms with E-state index >= 15 is 0 Å². The van der Waals surface area contributed by atoms with Gasteiger partial charge in [-0.3, -0.25) is 9.59 Å². The molecule has 0 saturated heterocycles. The van der Waals surface area contributed by atoms with Crippen LogP contribution in [0.2, 0.25) is 0 Å². The second-order valence-corrected chi connectivity index (χ2v) is 9.24. The van der Waals surface area contributed by atoms with Gasteiger partial charge in [-0.25, -0.2) is 4.39 Å². The van der Waals surface area contributed by atoms with Gasteiger partial charge >= 0.3 is 6.18 Å². The molecular weight excluding hydrogens is 492 g/mol. The Hall–Kier alpha value is -3.58. The topological polar surface area (TPSA) is 87.7 Å². The number of halogens is 4. The Morgan fingerprint density at radius 3 is 2.59 bits per heavy atom. The number of ether oxygens (including phenoxy) is 1. The summed E-state index contributed by atoms with van der Waals surface area (Å²) in [6, 6.07) is 6.88. The van der Waals surface area contributed by atoms with Crippen molar-refractivity contribution in [3.63, 3.8) is 0 Å². The number of methoxy groups -OCH3 is 1. The number of alkyl halides is 3. The van der Waals surface area contributed by atoms with Crippen LogP contribution in [-0.4, -0.2) is 36.7 Å². The molecule has 2 aliphatic carbocycles. The van der Waals surface area contributed by atoms with Gasteiger partial charge in [-0.1, -0.05) is 18.3 Å². The minimum absolute atomic E-state index is 0.00396. The molecule has 0 spiro atoms. The largest absolute Gasteiger partial charge is 0.496 e. The molecule has 0 bridgehead atoms. The maximum Gasteiger partial charge on any atom is 0.419 e. The molecular formula is C27H26F4N2O4. The smallest absolute Gasteiger partial charge is 0.419 e. The highest BCUT2D eigenvalue weighted by Gasteiger charge is 2.53. The highest BCUT2D eigenvalue weighted by Crippen LogP contribution is 2.52. The molecule has 6 nitrogen and oxygen atoms in total. The Bertz CT molecular complexity index is 1250. The van der Waals surface area contributed by atoms with Crippen molar-refractivity contribution in [3.8, 4) is 17.6 Å². The van der Waals surface area contributed by atoms with Gasteiger partial charge in [-0.05, 0) is 67.0 Å². The fourth-order valence-corrected chi connectivity index (χ4v) is 5.51. The lowest BCUT2D eigenvalue weighted by atomic mass is 9.61. The standard InChI is InChI=1S/C27H26F4N2O4/c1-37-23-10-7-15(4-3-11-34)12-20(23)26(36)33-25-18-6-2-5-17(18)19(25)14-24(35)32-16-8-9-22(28)21(13-16)27(29,30)31/h7-10,12-13,17-19,25,34H,2,5-6,11,14H2,1H3,(H,32,35)(H,33,36)/t17-,18+,19+,25-/m0/s1. The summed E-state index contributed by atoms with van der Waals surface area (Å²) in [6.45, 7) is -0.322. The van der Waals surface area contributed by atoms with Crippen LogP contribution in [0.3, 0.4) is 0 Å². The summed E-state index contributed by atoms with van der Waals surface area (Å²) in [6.07, 6.45) is -2.11. The van der Waals surface area contributed by atoms with Gasteiger partial charge in [-0.15, -0.1) is 0 Å². The number of amides is 2. The molecule has 4 atom stereocenters. The number of hydrogen-bond acceptors (Lipinski definition) is 4. The number of carbonyl (C=O) groups is 2. The van der Waals surface area contributed by atoms with Gasteiger partial charge in [-0.2, -0.15) is 13.2 Å². The SMILES string of the molecule is COc1ccc(C#CCO)cc1C(=O)N[C@H]1[C@@H]2CCC[C@@H]2[C@H]1CC(=O)Nc1ccc(F)c(C(F)(F)F)c1. The van der Waals surface area contributed by atoms with Crippen LogP contribution in [0.5, 0.6) is 5.75 Å². The van der Waals surface area contributed by atoms with E-state index in [1.807, 2.05) is 0 Å². The number of carbonyl (C=O) groups excluding carboxylic acids is 2. The first-order valence-electron chi connectivity index (χ1n) is 11.9. The van der Waals surface area contributed by atoms with Crippen LogP contribution in [-0.2, 0) is 11.0 Å². The summed E-state index contributed by atoms with van der Waals surface area (Å²) >= 11 is 0. The monoisotopic (exact) mass is 518 g/mol. The maximum atomic E-state index is 13.6. The first-order valence-corrected chi connectivity index (χ1v) is 11.9. The van der Waals surface area contributed by atoms with Crippen molar-refractivity contribution >= 4 is 17.5 Å². The number of nitrogens with one attached hydrogen (secondary N) is 2. The van der Waals surface area contributed by atoms with E-state index in [9.17, 15) is 27.2 Å². The Morgan fingerprint density at radius 1 is 1.14 bits per heavy atom. The molecule has 0 aliphatic heterocycles. The lowest BCUT2D eigenvalue weighted by Gasteiger charge is -2.49. The first-order chi connectivity index (χ1) is 17.6. The molecule has 0 unspecified atom stereocenters. The molecule has 4 rings (SSSR count). The van der Waals surface area contributed by atoms with Crippen molar-refractivity contribution in [1.82, 2.24) is 5.32 Å². The molecule has 0 aromatic heterocycles. The van der Waals surface area contributed by atoms with E-state index in [1.165, 1.54) is 7.11 Å². The molecule has 10 heteroatoms. The zero-order valence-corrected chi connectivity index (χ0v) is 20.0. The summed E-state index contributed by atoms with van der Waals surface area (Å²) in [5.74, 6) is 3.55. The third-order valence-corrected chi connectivity index (χ3v) is 7.13. The average molecular weight is 519 g/mol. The molecule has 2 saturated carbocycles. The van der Waals surface area contributed by atoms with Crippen LogP contribution in [0.1, 0.15) is 47.2 Å². The molecule has 0 radical (unpaired) electrons. The Kier molecular flexibility index (Phi) is 7.73. The van der Waals surface area contributed by atoms with E-state index in [1.54, 1.807) is 18.2 Å². The van der Waals surface area contributed by atoms with E-state index in [2.05, 4.69) is 22.5 Å². The van der Waals surface area contributed by atoms with Crippen LogP contribution < -0.4 is 15.4 Å². The Labute approximate surface area is 211 Å². The number of benzene rings is 2. The predicted molar refractivity (Wildman–Crippen MR) is 127 cm³/mol. The molecule has 2 fully saturated rings. The summed E-state index contributed by atoms with van der Waals surface area (Å²) in [7, 11) is 1.44. The van der Waals surface area contributed by atoms with Gasteiger partial charge in [0, 0.05) is 23.7 Å². The molecule has 0 heterocycles. The number of anilines is 1. The normalized spacial score (nSPS) is 22.2. The van der Waals surface area contributed by atoms with Crippen molar-refractivity contribution in [2.75, 3.05) is 19.0 Å². The van der Waals surface area contributed by atoms with E-state index in [-0.39, 0.29) is 48.1 Å². The van der Waals surface area contributed by atoms with Crippen LogP contribution >= 0.6 is 0 Å². The second kappa shape index (κ2) is 10.8. The summed E-state index contributed by atoms with van der Waals surface area (Å²) < 4.78 is 58.0. The number of aliphatic hydroxyl groups excluding tert-OH is 1. The minimum Gasteiger partial charge on any atom is -0.496 e. The van der Waals surface area contributed by atoms with E-state index in [4.69, 9.17) is 9.84 Å². The zero-order chi connectivity index (χ0) is 26.7. The van der Waals surface area contributed by atoms with Crippen molar-refractivity contribution in [1.29, 1.82) is 0 Å². The van der Waals surface area contributed by atoms with Gasteiger partial charge < -0.3 is 20.5 Å². The first kappa shape index (κ1) is 26.5. The lowest BCUT2D eigenvalue weighted by Crippen LogP contribution is -2.58.